The number of halogens is 2. The molecule has 1 heterocycles. The zero-order valence-corrected chi connectivity index (χ0v) is 15.0. The van der Waals surface area contributed by atoms with E-state index in [0.717, 1.165) is 5.56 Å². The summed E-state index contributed by atoms with van der Waals surface area (Å²) < 4.78 is 14.6. The molecule has 0 unspecified atom stereocenters. The van der Waals surface area contributed by atoms with Crippen molar-refractivity contribution in [2.45, 2.75) is 13.8 Å². The fourth-order valence-electron chi connectivity index (χ4n) is 2.34. The van der Waals surface area contributed by atoms with E-state index < -0.39 is 0 Å². The van der Waals surface area contributed by atoms with Gasteiger partial charge in [0.1, 0.15) is 11.0 Å². The molecule has 3 aromatic rings. The van der Waals surface area contributed by atoms with Gasteiger partial charge in [-0.1, -0.05) is 29.3 Å². The summed E-state index contributed by atoms with van der Waals surface area (Å²) >= 11 is 6.36. The van der Waals surface area contributed by atoms with Crippen molar-refractivity contribution in [1.82, 2.24) is 15.2 Å². The molecule has 1 N–H and O–H groups in total. The summed E-state index contributed by atoms with van der Waals surface area (Å²) in [4.78, 5) is 12.1. The second-order valence-electron chi connectivity index (χ2n) is 5.74. The van der Waals surface area contributed by atoms with Gasteiger partial charge in [-0.05, 0) is 50.2 Å². The molecule has 0 fully saturated rings. The molecule has 2 aromatic carbocycles. The van der Waals surface area contributed by atoms with E-state index in [1.54, 1.807) is 31.2 Å². The first kappa shape index (κ1) is 17.8. The monoisotopic (exact) mass is 370 g/mol. The maximum atomic E-state index is 13.1. The molecular formula is C19H16ClFN4O. The van der Waals surface area contributed by atoms with Crippen LogP contribution in [0.4, 0.5) is 4.39 Å². The number of carbonyl (C=O) groups excluding carboxylic acids is 1. The van der Waals surface area contributed by atoms with E-state index in [2.05, 4.69) is 15.6 Å². The van der Waals surface area contributed by atoms with Gasteiger partial charge in [0.2, 0.25) is 0 Å². The number of amides is 1. The smallest absolute Gasteiger partial charge is 0.267 e. The second kappa shape index (κ2) is 7.49. The minimum absolute atomic E-state index is 0.319. The highest BCUT2D eigenvalue weighted by Gasteiger charge is 2.13. The molecule has 0 spiro atoms. The lowest BCUT2D eigenvalue weighted by molar-refractivity contribution is 0.0955. The van der Waals surface area contributed by atoms with Crippen LogP contribution in [0.1, 0.15) is 27.2 Å². The van der Waals surface area contributed by atoms with Crippen molar-refractivity contribution >= 4 is 23.7 Å². The van der Waals surface area contributed by atoms with Gasteiger partial charge in [0.15, 0.2) is 0 Å². The van der Waals surface area contributed by atoms with Crippen LogP contribution in [0.3, 0.4) is 0 Å². The van der Waals surface area contributed by atoms with Crippen LogP contribution in [0, 0.1) is 19.7 Å². The summed E-state index contributed by atoms with van der Waals surface area (Å²) in [5.74, 6) is -0.657. The Labute approximate surface area is 155 Å². The molecule has 1 amide bonds. The Morgan fingerprint density at radius 1 is 1.15 bits per heavy atom. The predicted octanol–water partition coefficient (Wildman–Crippen LogP) is 4.05. The van der Waals surface area contributed by atoms with E-state index in [0.29, 0.717) is 27.7 Å². The third kappa shape index (κ3) is 3.81. The summed E-state index contributed by atoms with van der Waals surface area (Å²) in [5, 5.41) is 8.62. The van der Waals surface area contributed by atoms with Crippen LogP contribution in [-0.4, -0.2) is 21.9 Å². The Bertz CT molecular complexity index is 962. The summed E-state index contributed by atoms with van der Waals surface area (Å²) in [6, 6.07) is 13.0. The van der Waals surface area contributed by atoms with Gasteiger partial charge in [-0.3, -0.25) is 4.79 Å². The second-order valence-corrected chi connectivity index (χ2v) is 6.10. The highest BCUT2D eigenvalue weighted by atomic mass is 35.5. The fraction of sp³-hybridized carbons (Fsp3) is 0.105. The third-order valence-corrected chi connectivity index (χ3v) is 4.16. The number of aryl methyl sites for hydroxylation is 2. The van der Waals surface area contributed by atoms with Crippen LogP contribution >= 0.6 is 11.6 Å². The van der Waals surface area contributed by atoms with Crippen molar-refractivity contribution in [3.05, 3.63) is 81.9 Å². The van der Waals surface area contributed by atoms with Crippen LogP contribution in [0.5, 0.6) is 0 Å². The first-order valence-electron chi connectivity index (χ1n) is 7.87. The molecule has 1 aromatic heterocycles. The van der Waals surface area contributed by atoms with E-state index in [4.69, 9.17) is 11.6 Å². The maximum Gasteiger partial charge on any atom is 0.271 e. The van der Waals surface area contributed by atoms with Crippen molar-refractivity contribution in [1.29, 1.82) is 0 Å². The summed E-state index contributed by atoms with van der Waals surface area (Å²) in [5.41, 5.74) is 5.87. The number of hydrazone groups is 1. The first-order valence-corrected chi connectivity index (χ1v) is 8.24. The molecule has 0 saturated heterocycles. The number of hydrogen-bond acceptors (Lipinski definition) is 3. The third-order valence-electron chi connectivity index (χ3n) is 3.79. The van der Waals surface area contributed by atoms with Crippen molar-refractivity contribution in [2.75, 3.05) is 0 Å². The van der Waals surface area contributed by atoms with Gasteiger partial charge in [-0.2, -0.15) is 10.2 Å². The van der Waals surface area contributed by atoms with Gasteiger partial charge >= 0.3 is 0 Å². The number of nitrogens with one attached hydrogen (secondary N) is 1. The maximum absolute atomic E-state index is 13.1. The van der Waals surface area contributed by atoms with Crippen LogP contribution < -0.4 is 5.43 Å². The van der Waals surface area contributed by atoms with Crippen LogP contribution in [0.15, 0.2) is 53.6 Å². The fourth-order valence-corrected chi connectivity index (χ4v) is 2.66. The summed E-state index contributed by atoms with van der Waals surface area (Å²) in [7, 11) is 0. The molecule has 0 aliphatic carbocycles. The number of carbonyl (C=O) groups is 1. The van der Waals surface area contributed by atoms with Gasteiger partial charge in [0.25, 0.3) is 5.91 Å². The van der Waals surface area contributed by atoms with Crippen molar-refractivity contribution in [3.63, 3.8) is 0 Å². The largest absolute Gasteiger partial charge is 0.271 e. The molecule has 0 saturated carbocycles. The normalized spacial score (nSPS) is 11.1. The van der Waals surface area contributed by atoms with E-state index in [1.165, 1.54) is 23.0 Å². The Morgan fingerprint density at radius 3 is 2.46 bits per heavy atom. The number of nitrogens with zero attached hydrogens (tertiary/aromatic N) is 3. The molecule has 0 atom stereocenters. The van der Waals surface area contributed by atoms with Gasteiger partial charge in [0, 0.05) is 5.56 Å². The predicted molar refractivity (Wildman–Crippen MR) is 99.5 cm³/mol. The SMILES string of the molecule is Cc1ccc(C(=O)N/N=C\c2c(C)nn(-c3ccc(F)cc3)c2Cl)cc1. The minimum atomic E-state index is -0.339. The molecule has 5 nitrogen and oxygen atoms in total. The Hall–Kier alpha value is -2.99. The zero-order valence-electron chi connectivity index (χ0n) is 14.2. The number of aromatic nitrogens is 2. The average Bonchev–Trinajstić information content (AvgIpc) is 2.91. The summed E-state index contributed by atoms with van der Waals surface area (Å²) in [6.07, 6.45) is 1.44. The van der Waals surface area contributed by atoms with Gasteiger partial charge in [0.05, 0.1) is 23.2 Å². The first-order chi connectivity index (χ1) is 12.5. The number of hydrogen-bond donors (Lipinski definition) is 1. The zero-order chi connectivity index (χ0) is 18.7. The van der Waals surface area contributed by atoms with E-state index >= 15 is 0 Å². The molecule has 0 aliphatic heterocycles. The van der Waals surface area contributed by atoms with Gasteiger partial charge in [-0.15, -0.1) is 0 Å². The Morgan fingerprint density at radius 2 is 1.81 bits per heavy atom. The van der Waals surface area contributed by atoms with E-state index in [-0.39, 0.29) is 11.7 Å². The van der Waals surface area contributed by atoms with Crippen molar-refractivity contribution < 1.29 is 9.18 Å². The quantitative estimate of drug-likeness (QED) is 0.556. The lowest BCUT2D eigenvalue weighted by Crippen LogP contribution is -2.17. The van der Waals surface area contributed by atoms with E-state index in [9.17, 15) is 9.18 Å². The van der Waals surface area contributed by atoms with Crippen molar-refractivity contribution in [3.8, 4) is 5.69 Å². The summed E-state index contributed by atoms with van der Waals surface area (Å²) in [6.45, 7) is 3.72. The number of benzene rings is 2. The molecule has 3 rings (SSSR count). The highest BCUT2D eigenvalue weighted by Crippen LogP contribution is 2.22. The van der Waals surface area contributed by atoms with Crippen LogP contribution in [0.2, 0.25) is 5.15 Å². The van der Waals surface area contributed by atoms with Gasteiger partial charge < -0.3 is 0 Å². The Kier molecular flexibility index (Phi) is 5.14. The topological polar surface area (TPSA) is 59.3 Å². The van der Waals surface area contributed by atoms with E-state index in [1.807, 2.05) is 19.1 Å². The lowest BCUT2D eigenvalue weighted by Gasteiger charge is -2.02. The molecule has 0 aliphatic rings. The molecule has 0 radical (unpaired) electrons. The van der Waals surface area contributed by atoms with Gasteiger partial charge in [-0.25, -0.2) is 14.5 Å². The minimum Gasteiger partial charge on any atom is -0.267 e. The molecule has 26 heavy (non-hydrogen) atoms. The average molecular weight is 371 g/mol. The standard InChI is InChI=1S/C19H16ClFN4O/c1-12-3-5-14(6-4-12)19(26)23-22-11-17-13(2)24-25(18(17)20)16-9-7-15(21)8-10-16/h3-11H,1-2H3,(H,23,26)/b22-11-. The van der Waals surface area contributed by atoms with Crippen LogP contribution in [0.25, 0.3) is 5.69 Å². The molecular weight excluding hydrogens is 355 g/mol. The van der Waals surface area contributed by atoms with Crippen molar-refractivity contribution in [2.24, 2.45) is 5.10 Å². The lowest BCUT2D eigenvalue weighted by atomic mass is 10.1. The molecule has 7 heteroatoms. The molecule has 0 bridgehead atoms. The van der Waals surface area contributed by atoms with Crippen LogP contribution in [-0.2, 0) is 0 Å². The number of rotatable bonds is 4. The molecule has 132 valence electrons. The highest BCUT2D eigenvalue weighted by molar-refractivity contribution is 6.32. The Balaban J connectivity index is 1.77.